The Morgan fingerprint density at radius 3 is 2.38 bits per heavy atom. The van der Waals surface area contributed by atoms with E-state index < -0.39 is 78.6 Å². The topological polar surface area (TPSA) is 173 Å². The molecule has 0 spiro atoms. The van der Waals surface area contributed by atoms with Crippen LogP contribution in [0.3, 0.4) is 0 Å². The van der Waals surface area contributed by atoms with Gasteiger partial charge in [-0.1, -0.05) is 20.8 Å². The molecular formula is C26H34N2O11. The third kappa shape index (κ3) is 8.23. The van der Waals surface area contributed by atoms with Gasteiger partial charge in [-0.15, -0.1) is 0 Å². The zero-order valence-corrected chi connectivity index (χ0v) is 23.0. The molecule has 0 bridgehead atoms. The molecule has 1 N–H and O–H groups in total. The van der Waals surface area contributed by atoms with Crippen LogP contribution in [0.1, 0.15) is 64.0 Å². The molecule has 5 atom stereocenters. The summed E-state index contributed by atoms with van der Waals surface area (Å²) in [5.74, 6) is -6.44. The highest BCUT2D eigenvalue weighted by Gasteiger charge is 2.41. The molecule has 1 fully saturated rings. The number of rotatable bonds is 8. The molecule has 1 aromatic heterocycles. The Morgan fingerprint density at radius 1 is 1.13 bits per heavy atom. The first-order valence-electron chi connectivity index (χ1n) is 12.5. The van der Waals surface area contributed by atoms with E-state index in [0.29, 0.717) is 5.56 Å². The minimum Gasteiger partial charge on any atom is -0.463 e. The quantitative estimate of drug-likeness (QED) is 0.365. The number of hydrogen-bond acceptors (Lipinski definition) is 12. The Kier molecular flexibility index (Phi) is 10.9. The lowest BCUT2D eigenvalue weighted by Crippen LogP contribution is -2.47. The first-order chi connectivity index (χ1) is 18.3. The standard InChI is InChI=1S/C26H34N2O11/c1-8-17-21(39-23(31)12(2)3)14(5)37-26(34)18(11-35-25(17)33)28-22(30)19-20(13(4)9-10-27-19)38-24(32)15(6)36-16(7)29/h9-10,12,14-15,17-18,21H,8,11H2,1-7H3,(H,28,30)/t14-,15?,17+,18-,21-/m0/s1. The number of pyridine rings is 1. The number of aryl methyl sites for hydroxylation is 1. The number of nitrogens with one attached hydrogen (secondary N) is 1. The summed E-state index contributed by atoms with van der Waals surface area (Å²) in [6.45, 7) is 9.83. The summed E-state index contributed by atoms with van der Waals surface area (Å²) in [5, 5.41) is 2.39. The highest BCUT2D eigenvalue weighted by atomic mass is 16.6. The minimum atomic E-state index is -1.45. The van der Waals surface area contributed by atoms with Crippen molar-refractivity contribution < 1.29 is 52.5 Å². The molecule has 2 heterocycles. The lowest BCUT2D eigenvalue weighted by Gasteiger charge is -2.29. The summed E-state index contributed by atoms with van der Waals surface area (Å²) in [6, 6.07) is 0.0312. The van der Waals surface area contributed by atoms with Crippen molar-refractivity contribution in [2.45, 2.75) is 79.2 Å². The summed E-state index contributed by atoms with van der Waals surface area (Å²) in [6.07, 6.45) is -1.86. The predicted molar refractivity (Wildman–Crippen MR) is 132 cm³/mol. The van der Waals surface area contributed by atoms with Crippen LogP contribution in [0.4, 0.5) is 0 Å². The predicted octanol–water partition coefficient (Wildman–Crippen LogP) is 1.43. The van der Waals surface area contributed by atoms with Crippen molar-refractivity contribution >= 4 is 35.8 Å². The van der Waals surface area contributed by atoms with Crippen LogP contribution in [-0.2, 0) is 42.9 Å². The van der Waals surface area contributed by atoms with Crippen LogP contribution in [0.15, 0.2) is 12.3 Å². The van der Waals surface area contributed by atoms with Crippen LogP contribution in [-0.4, -0.2) is 71.7 Å². The molecular weight excluding hydrogens is 516 g/mol. The van der Waals surface area contributed by atoms with E-state index in [4.69, 9.17) is 23.7 Å². The van der Waals surface area contributed by atoms with Gasteiger partial charge in [0.1, 0.15) is 12.7 Å². The Hall–Kier alpha value is -4.03. The van der Waals surface area contributed by atoms with Crippen molar-refractivity contribution in [3.8, 4) is 5.75 Å². The molecule has 1 unspecified atom stereocenters. The van der Waals surface area contributed by atoms with Gasteiger partial charge < -0.3 is 29.0 Å². The van der Waals surface area contributed by atoms with Crippen LogP contribution >= 0.6 is 0 Å². The van der Waals surface area contributed by atoms with E-state index in [-0.39, 0.29) is 17.9 Å². The molecule has 0 saturated carbocycles. The molecule has 1 aliphatic heterocycles. The van der Waals surface area contributed by atoms with E-state index in [9.17, 15) is 28.8 Å². The molecule has 1 amide bonds. The molecule has 39 heavy (non-hydrogen) atoms. The Labute approximate surface area is 225 Å². The smallest absolute Gasteiger partial charge is 0.352 e. The third-order valence-electron chi connectivity index (χ3n) is 5.80. The van der Waals surface area contributed by atoms with E-state index in [1.54, 1.807) is 27.7 Å². The summed E-state index contributed by atoms with van der Waals surface area (Å²) in [7, 11) is 0. The van der Waals surface area contributed by atoms with Crippen molar-refractivity contribution in [2.75, 3.05) is 6.61 Å². The van der Waals surface area contributed by atoms with E-state index in [1.807, 2.05) is 0 Å². The van der Waals surface area contributed by atoms with Crippen molar-refractivity contribution in [3.05, 3.63) is 23.5 Å². The van der Waals surface area contributed by atoms with Gasteiger partial charge in [-0.25, -0.2) is 14.6 Å². The normalized spacial score (nSPS) is 22.3. The highest BCUT2D eigenvalue weighted by Crippen LogP contribution is 2.25. The van der Waals surface area contributed by atoms with Gasteiger partial charge in [0.2, 0.25) is 0 Å². The fraction of sp³-hybridized carbons (Fsp3) is 0.577. The molecule has 2 rings (SSSR count). The summed E-state index contributed by atoms with van der Waals surface area (Å²) in [4.78, 5) is 78.7. The Morgan fingerprint density at radius 2 is 1.79 bits per heavy atom. The van der Waals surface area contributed by atoms with Gasteiger partial charge in [-0.3, -0.25) is 19.2 Å². The lowest BCUT2D eigenvalue weighted by molar-refractivity contribution is -0.176. The monoisotopic (exact) mass is 550 g/mol. The maximum Gasteiger partial charge on any atom is 0.352 e. The van der Waals surface area contributed by atoms with Crippen molar-refractivity contribution in [1.82, 2.24) is 10.3 Å². The maximum absolute atomic E-state index is 13.1. The van der Waals surface area contributed by atoms with Crippen molar-refractivity contribution in [2.24, 2.45) is 11.8 Å². The van der Waals surface area contributed by atoms with Gasteiger partial charge in [0, 0.05) is 13.1 Å². The SMILES string of the molecule is CC[C@H]1C(=O)OC[C@H](NC(=O)c2nccc(C)c2OC(=O)C(C)OC(C)=O)C(=O)O[C@@H](C)[C@@H]1OC(=O)C(C)C. The van der Waals surface area contributed by atoms with E-state index in [2.05, 4.69) is 10.3 Å². The second kappa shape index (κ2) is 13.7. The van der Waals surface area contributed by atoms with Crippen LogP contribution in [0.2, 0.25) is 0 Å². The van der Waals surface area contributed by atoms with Gasteiger partial charge in [0.25, 0.3) is 5.91 Å². The van der Waals surface area contributed by atoms with Crippen LogP contribution < -0.4 is 10.1 Å². The fourth-order valence-corrected chi connectivity index (χ4v) is 3.62. The van der Waals surface area contributed by atoms with Crippen LogP contribution in [0.25, 0.3) is 0 Å². The molecule has 214 valence electrons. The largest absolute Gasteiger partial charge is 0.463 e. The Balaban J connectivity index is 2.28. The fourth-order valence-electron chi connectivity index (χ4n) is 3.62. The van der Waals surface area contributed by atoms with Crippen molar-refractivity contribution in [1.29, 1.82) is 0 Å². The molecule has 1 aliphatic rings. The van der Waals surface area contributed by atoms with E-state index in [0.717, 1.165) is 6.92 Å². The number of carbonyl (C=O) groups is 6. The molecule has 0 radical (unpaired) electrons. The molecule has 0 aliphatic carbocycles. The second-order valence-corrected chi connectivity index (χ2v) is 9.35. The molecule has 13 heteroatoms. The number of amides is 1. The summed E-state index contributed by atoms with van der Waals surface area (Å²) < 4.78 is 26.3. The van der Waals surface area contributed by atoms with Gasteiger partial charge in [-0.05, 0) is 38.8 Å². The third-order valence-corrected chi connectivity index (χ3v) is 5.80. The summed E-state index contributed by atoms with van der Waals surface area (Å²) in [5.41, 5.74) is 0.0109. The second-order valence-electron chi connectivity index (χ2n) is 9.35. The van der Waals surface area contributed by atoms with E-state index >= 15 is 0 Å². The number of ether oxygens (including phenoxy) is 5. The first-order valence-corrected chi connectivity index (χ1v) is 12.5. The number of nitrogens with zero attached hydrogens (tertiary/aromatic N) is 1. The molecule has 1 aromatic rings. The molecule has 1 saturated heterocycles. The zero-order valence-electron chi connectivity index (χ0n) is 23.0. The van der Waals surface area contributed by atoms with Gasteiger partial charge in [-0.2, -0.15) is 0 Å². The average molecular weight is 551 g/mol. The maximum atomic E-state index is 13.1. The van der Waals surface area contributed by atoms with Gasteiger partial charge in [0.15, 0.2) is 29.7 Å². The molecule has 0 aromatic carbocycles. The summed E-state index contributed by atoms with van der Waals surface area (Å²) >= 11 is 0. The molecule has 13 nitrogen and oxygen atoms in total. The number of hydrogen-bond donors (Lipinski definition) is 1. The first kappa shape index (κ1) is 31.2. The van der Waals surface area contributed by atoms with Gasteiger partial charge in [0.05, 0.1) is 11.8 Å². The highest BCUT2D eigenvalue weighted by molar-refractivity contribution is 5.98. The lowest BCUT2D eigenvalue weighted by atomic mass is 9.95. The minimum absolute atomic E-state index is 0.215. The average Bonchev–Trinajstić information content (AvgIpc) is 2.89. The Bertz CT molecular complexity index is 1120. The number of esters is 5. The number of aromatic nitrogens is 1. The van der Waals surface area contributed by atoms with E-state index in [1.165, 1.54) is 26.1 Å². The van der Waals surface area contributed by atoms with Crippen molar-refractivity contribution in [3.63, 3.8) is 0 Å². The number of carbonyl (C=O) groups excluding carboxylic acids is 6. The van der Waals surface area contributed by atoms with Crippen LogP contribution in [0, 0.1) is 18.8 Å². The van der Waals surface area contributed by atoms with Crippen LogP contribution in [0.5, 0.6) is 5.75 Å². The number of cyclic esters (lactones) is 2. The zero-order chi connectivity index (χ0) is 29.4. The van der Waals surface area contributed by atoms with Gasteiger partial charge >= 0.3 is 29.8 Å².